The number of hydrogen-bond donors (Lipinski definition) is 1. The predicted octanol–water partition coefficient (Wildman–Crippen LogP) is 4.65. The number of nitrogens with one attached hydrogen (secondary N) is 1. The normalized spacial score (nSPS) is 11.5. The van der Waals surface area contributed by atoms with Gasteiger partial charge < -0.3 is 5.32 Å². The number of halogens is 4. The van der Waals surface area contributed by atoms with Crippen molar-refractivity contribution < 1.29 is 22.4 Å². The Morgan fingerprint density at radius 3 is 2.54 bits per heavy atom. The Labute approximate surface area is 133 Å². The van der Waals surface area contributed by atoms with Crippen LogP contribution in [0.5, 0.6) is 0 Å². The molecule has 0 radical (unpaired) electrons. The van der Waals surface area contributed by atoms with E-state index in [0.29, 0.717) is 11.1 Å². The molecule has 0 aliphatic rings. The first kappa shape index (κ1) is 15.9. The lowest BCUT2D eigenvalue weighted by atomic mass is 10.1. The maximum absolute atomic E-state index is 13.2. The second kappa shape index (κ2) is 5.92. The van der Waals surface area contributed by atoms with Crippen LogP contribution in [0.2, 0.25) is 0 Å². The highest BCUT2D eigenvalue weighted by atomic mass is 19.4. The van der Waals surface area contributed by atoms with E-state index in [0.717, 1.165) is 18.2 Å². The average molecular weight is 334 g/mol. The summed E-state index contributed by atoms with van der Waals surface area (Å²) >= 11 is 0. The zero-order valence-electron chi connectivity index (χ0n) is 12.1. The molecule has 3 rings (SSSR count). The molecule has 3 nitrogen and oxygen atoms in total. The maximum Gasteiger partial charge on any atom is 0.416 e. The quantitative estimate of drug-likeness (QED) is 0.694. The van der Waals surface area contributed by atoms with E-state index in [1.54, 1.807) is 0 Å². The van der Waals surface area contributed by atoms with E-state index in [-0.39, 0.29) is 11.1 Å². The molecule has 0 unspecified atom stereocenters. The third kappa shape index (κ3) is 3.19. The summed E-state index contributed by atoms with van der Waals surface area (Å²) in [6.45, 7) is 0. The number of aromatic nitrogens is 1. The van der Waals surface area contributed by atoms with E-state index in [1.165, 1.54) is 36.5 Å². The molecule has 1 amide bonds. The summed E-state index contributed by atoms with van der Waals surface area (Å²) in [5.41, 5.74) is -0.326. The van der Waals surface area contributed by atoms with Crippen LogP contribution >= 0.6 is 0 Å². The van der Waals surface area contributed by atoms with Crippen molar-refractivity contribution in [2.24, 2.45) is 0 Å². The molecule has 0 bridgehead atoms. The van der Waals surface area contributed by atoms with Gasteiger partial charge in [0, 0.05) is 17.1 Å². The van der Waals surface area contributed by atoms with Crippen molar-refractivity contribution in [1.82, 2.24) is 4.98 Å². The van der Waals surface area contributed by atoms with Crippen LogP contribution in [-0.4, -0.2) is 10.9 Å². The number of benzene rings is 2. The van der Waals surface area contributed by atoms with Crippen molar-refractivity contribution in [2.45, 2.75) is 6.18 Å². The minimum atomic E-state index is -4.48. The van der Waals surface area contributed by atoms with Gasteiger partial charge in [-0.05, 0) is 36.4 Å². The molecular weight excluding hydrogens is 324 g/mol. The number of nitrogens with zero attached hydrogens (tertiary/aromatic N) is 1. The Hall–Kier alpha value is -2.96. The third-order valence-corrected chi connectivity index (χ3v) is 3.41. The number of carbonyl (C=O) groups excluding carboxylic acids is 1. The zero-order chi connectivity index (χ0) is 17.3. The largest absolute Gasteiger partial charge is 0.416 e. The molecule has 0 fully saturated rings. The van der Waals surface area contributed by atoms with Gasteiger partial charge in [-0.15, -0.1) is 0 Å². The number of carbonyl (C=O) groups is 1. The van der Waals surface area contributed by atoms with E-state index < -0.39 is 23.5 Å². The summed E-state index contributed by atoms with van der Waals surface area (Å²) < 4.78 is 51.4. The highest BCUT2D eigenvalue weighted by molar-refractivity contribution is 6.08. The highest BCUT2D eigenvalue weighted by Crippen LogP contribution is 2.32. The molecule has 1 N–H and O–H groups in total. The molecule has 0 atom stereocenters. The van der Waals surface area contributed by atoms with Gasteiger partial charge in [0.1, 0.15) is 5.82 Å². The van der Waals surface area contributed by atoms with E-state index >= 15 is 0 Å². The zero-order valence-corrected chi connectivity index (χ0v) is 12.1. The summed E-state index contributed by atoms with van der Waals surface area (Å²) in [6.07, 6.45) is -3.18. The van der Waals surface area contributed by atoms with Crippen LogP contribution in [-0.2, 0) is 6.18 Å². The summed E-state index contributed by atoms with van der Waals surface area (Å²) in [4.78, 5) is 16.1. The molecule has 3 aromatic rings. The lowest BCUT2D eigenvalue weighted by molar-refractivity contribution is -0.137. The van der Waals surface area contributed by atoms with Gasteiger partial charge in [0.05, 0.1) is 16.8 Å². The van der Waals surface area contributed by atoms with Gasteiger partial charge in [0.25, 0.3) is 5.91 Å². The number of fused-ring (bicyclic) bond motifs is 1. The second-order valence-electron chi connectivity index (χ2n) is 5.05. The molecule has 1 heterocycles. The Balaban J connectivity index is 1.97. The maximum atomic E-state index is 13.2. The first-order chi connectivity index (χ1) is 11.3. The van der Waals surface area contributed by atoms with E-state index in [4.69, 9.17) is 0 Å². The van der Waals surface area contributed by atoms with Crippen molar-refractivity contribution in [3.05, 3.63) is 71.7 Å². The molecule has 7 heteroatoms. The van der Waals surface area contributed by atoms with E-state index in [2.05, 4.69) is 10.3 Å². The van der Waals surface area contributed by atoms with Gasteiger partial charge in [-0.2, -0.15) is 13.2 Å². The van der Waals surface area contributed by atoms with Crippen LogP contribution in [0.25, 0.3) is 10.9 Å². The molecule has 122 valence electrons. The molecule has 0 aliphatic carbocycles. The van der Waals surface area contributed by atoms with Gasteiger partial charge in [-0.3, -0.25) is 9.78 Å². The molecule has 0 saturated heterocycles. The van der Waals surface area contributed by atoms with Crippen LogP contribution < -0.4 is 5.32 Å². The molecule has 2 aromatic carbocycles. The minimum absolute atomic E-state index is 0.0990. The van der Waals surface area contributed by atoms with Crippen LogP contribution in [0.3, 0.4) is 0 Å². The van der Waals surface area contributed by atoms with Crippen LogP contribution in [0.1, 0.15) is 15.9 Å². The average Bonchev–Trinajstić information content (AvgIpc) is 2.54. The lowest BCUT2D eigenvalue weighted by Gasteiger charge is -2.11. The Morgan fingerprint density at radius 2 is 1.83 bits per heavy atom. The van der Waals surface area contributed by atoms with E-state index in [9.17, 15) is 22.4 Å². The van der Waals surface area contributed by atoms with E-state index in [1.807, 2.05) is 0 Å². The van der Waals surface area contributed by atoms with Crippen LogP contribution in [0.15, 0.2) is 54.7 Å². The topological polar surface area (TPSA) is 42.0 Å². The summed E-state index contributed by atoms with van der Waals surface area (Å²) in [5, 5.41) is 2.92. The number of amides is 1. The van der Waals surface area contributed by atoms with Crippen molar-refractivity contribution >= 4 is 22.5 Å². The first-order valence-corrected chi connectivity index (χ1v) is 6.87. The van der Waals surface area contributed by atoms with Crippen LogP contribution in [0.4, 0.5) is 23.2 Å². The van der Waals surface area contributed by atoms with Gasteiger partial charge in [0.15, 0.2) is 0 Å². The second-order valence-corrected chi connectivity index (χ2v) is 5.05. The minimum Gasteiger partial charge on any atom is -0.321 e. The smallest absolute Gasteiger partial charge is 0.321 e. The van der Waals surface area contributed by atoms with Gasteiger partial charge in [-0.25, -0.2) is 4.39 Å². The number of pyridine rings is 1. The van der Waals surface area contributed by atoms with Crippen molar-refractivity contribution in [3.8, 4) is 0 Å². The molecule has 0 spiro atoms. The Bertz CT molecular complexity index is 922. The molecule has 1 aromatic heterocycles. The third-order valence-electron chi connectivity index (χ3n) is 3.41. The molecule has 0 saturated carbocycles. The Morgan fingerprint density at radius 1 is 1.04 bits per heavy atom. The summed E-state index contributed by atoms with van der Waals surface area (Å²) in [5.74, 6) is -1.13. The fraction of sp³-hybridized carbons (Fsp3) is 0.0588. The molecular formula is C17H10F4N2O. The van der Waals surface area contributed by atoms with Crippen molar-refractivity contribution in [1.29, 1.82) is 0 Å². The monoisotopic (exact) mass is 334 g/mol. The van der Waals surface area contributed by atoms with Crippen LogP contribution in [0, 0.1) is 5.82 Å². The van der Waals surface area contributed by atoms with Gasteiger partial charge in [0.2, 0.25) is 0 Å². The SMILES string of the molecule is O=C(Nc1ccnc2cc(C(F)(F)F)ccc12)c1cccc(F)c1. The summed E-state index contributed by atoms with van der Waals surface area (Å²) in [7, 11) is 0. The van der Waals surface area contributed by atoms with Gasteiger partial charge >= 0.3 is 6.18 Å². The highest BCUT2D eigenvalue weighted by Gasteiger charge is 2.30. The van der Waals surface area contributed by atoms with Crippen molar-refractivity contribution in [2.75, 3.05) is 5.32 Å². The van der Waals surface area contributed by atoms with Gasteiger partial charge in [-0.1, -0.05) is 12.1 Å². The lowest BCUT2D eigenvalue weighted by Crippen LogP contribution is -2.12. The first-order valence-electron chi connectivity index (χ1n) is 6.87. The van der Waals surface area contributed by atoms with Crippen molar-refractivity contribution in [3.63, 3.8) is 0 Å². The summed E-state index contributed by atoms with van der Waals surface area (Å²) in [6, 6.07) is 9.64. The predicted molar refractivity (Wildman–Crippen MR) is 81.1 cm³/mol. The Kier molecular flexibility index (Phi) is 3.92. The molecule has 24 heavy (non-hydrogen) atoms. The fourth-order valence-corrected chi connectivity index (χ4v) is 2.26. The number of anilines is 1. The number of rotatable bonds is 2. The fourth-order valence-electron chi connectivity index (χ4n) is 2.26. The number of hydrogen-bond acceptors (Lipinski definition) is 2. The standard InChI is InChI=1S/C17H10F4N2O/c18-12-3-1-2-10(8-12)16(24)23-14-6-7-22-15-9-11(17(19,20)21)4-5-13(14)15/h1-9H,(H,22,23,24). The number of alkyl halides is 3. The molecule has 0 aliphatic heterocycles.